The highest BCUT2D eigenvalue weighted by molar-refractivity contribution is 5.18. The van der Waals surface area contributed by atoms with Gasteiger partial charge in [-0.25, -0.2) is 4.39 Å². The molecule has 15 heavy (non-hydrogen) atoms. The van der Waals surface area contributed by atoms with E-state index in [-0.39, 0.29) is 5.82 Å². The molecule has 0 spiro atoms. The molecule has 0 aromatic heterocycles. The summed E-state index contributed by atoms with van der Waals surface area (Å²) < 4.78 is 13.4. The summed E-state index contributed by atoms with van der Waals surface area (Å²) in [4.78, 5) is 2.28. The lowest BCUT2D eigenvalue weighted by Gasteiger charge is -2.31. The molecule has 1 N–H and O–H groups in total. The van der Waals surface area contributed by atoms with E-state index in [0.29, 0.717) is 6.04 Å². The van der Waals surface area contributed by atoms with Crippen LogP contribution in [0.15, 0.2) is 24.3 Å². The van der Waals surface area contributed by atoms with Crippen molar-refractivity contribution in [2.24, 2.45) is 0 Å². The Labute approximate surface area is 90.1 Å². The number of likely N-dealkylation sites (N-methyl/N-ethyl adjacent to an activating group) is 1. The maximum Gasteiger partial charge on any atom is 0.126 e. The van der Waals surface area contributed by atoms with Gasteiger partial charge >= 0.3 is 0 Å². The molecule has 3 heteroatoms. The Morgan fingerprint density at radius 2 is 2.27 bits per heavy atom. The van der Waals surface area contributed by atoms with Crippen molar-refractivity contribution in [3.63, 3.8) is 0 Å². The normalized spacial score (nSPS) is 22.9. The van der Waals surface area contributed by atoms with E-state index in [0.717, 1.165) is 31.6 Å². The van der Waals surface area contributed by atoms with Crippen LogP contribution in [0.4, 0.5) is 4.39 Å². The molecular formula is C12H17FN2. The summed E-state index contributed by atoms with van der Waals surface area (Å²) in [7, 11) is 2.11. The van der Waals surface area contributed by atoms with Gasteiger partial charge in [0.25, 0.3) is 0 Å². The fourth-order valence-corrected chi connectivity index (χ4v) is 2.06. The van der Waals surface area contributed by atoms with Crippen LogP contribution in [0.25, 0.3) is 0 Å². The largest absolute Gasteiger partial charge is 0.311 e. The first kappa shape index (κ1) is 10.6. The smallest absolute Gasteiger partial charge is 0.126 e. The number of nitrogens with one attached hydrogen (secondary N) is 1. The van der Waals surface area contributed by atoms with E-state index in [1.807, 2.05) is 12.1 Å². The summed E-state index contributed by atoms with van der Waals surface area (Å²) in [6, 6.07) is 7.40. The molecule has 1 unspecified atom stereocenters. The zero-order valence-electron chi connectivity index (χ0n) is 9.04. The number of nitrogens with zero attached hydrogens (tertiary/aromatic N) is 1. The van der Waals surface area contributed by atoms with Gasteiger partial charge in [0, 0.05) is 25.7 Å². The summed E-state index contributed by atoms with van der Waals surface area (Å²) in [5.74, 6) is -0.0903. The summed E-state index contributed by atoms with van der Waals surface area (Å²) in [5, 5.41) is 3.42. The lowest BCUT2D eigenvalue weighted by atomic mass is 10.0. The van der Waals surface area contributed by atoms with E-state index in [1.165, 1.54) is 6.07 Å². The standard InChI is InChI=1S/C12H17FN2/c1-15-7-6-14-11(9-15)8-10-4-2-3-5-12(10)13/h2-5,11,14H,6-9H2,1H3. The molecule has 1 aromatic rings. The highest BCUT2D eigenvalue weighted by Gasteiger charge is 2.17. The molecule has 82 valence electrons. The third-order valence-electron chi connectivity index (χ3n) is 2.88. The Morgan fingerprint density at radius 1 is 1.47 bits per heavy atom. The van der Waals surface area contributed by atoms with Crippen LogP contribution in [0.3, 0.4) is 0 Å². The minimum absolute atomic E-state index is 0.0903. The minimum atomic E-state index is -0.0903. The molecule has 1 heterocycles. The zero-order chi connectivity index (χ0) is 10.7. The number of rotatable bonds is 2. The maximum atomic E-state index is 13.4. The maximum absolute atomic E-state index is 13.4. The lowest BCUT2D eigenvalue weighted by Crippen LogP contribution is -2.50. The third kappa shape index (κ3) is 2.76. The Kier molecular flexibility index (Phi) is 3.34. The number of hydrogen-bond donors (Lipinski definition) is 1. The molecular weight excluding hydrogens is 191 g/mol. The van der Waals surface area contributed by atoms with Crippen molar-refractivity contribution in [1.29, 1.82) is 0 Å². The molecule has 0 bridgehead atoms. The molecule has 1 aliphatic heterocycles. The van der Waals surface area contributed by atoms with E-state index in [1.54, 1.807) is 6.07 Å². The first-order valence-corrected chi connectivity index (χ1v) is 5.41. The van der Waals surface area contributed by atoms with Crippen molar-refractivity contribution in [3.05, 3.63) is 35.6 Å². The van der Waals surface area contributed by atoms with E-state index in [9.17, 15) is 4.39 Å². The molecule has 0 aliphatic carbocycles. The van der Waals surface area contributed by atoms with E-state index >= 15 is 0 Å². The van der Waals surface area contributed by atoms with Gasteiger partial charge in [0.1, 0.15) is 5.82 Å². The van der Waals surface area contributed by atoms with Gasteiger partial charge in [-0.05, 0) is 25.1 Å². The second kappa shape index (κ2) is 4.73. The number of halogens is 1. The summed E-state index contributed by atoms with van der Waals surface area (Å²) in [5.41, 5.74) is 0.810. The highest BCUT2D eigenvalue weighted by Crippen LogP contribution is 2.10. The summed E-state index contributed by atoms with van der Waals surface area (Å²) in [6.07, 6.45) is 0.775. The van der Waals surface area contributed by atoms with Crippen LogP contribution in [0.2, 0.25) is 0 Å². The SMILES string of the molecule is CN1CCNC(Cc2ccccc2F)C1. The second-order valence-electron chi connectivity index (χ2n) is 4.21. The average molecular weight is 208 g/mol. The molecule has 0 saturated carbocycles. The molecule has 1 fully saturated rings. The van der Waals surface area contributed by atoms with Crippen LogP contribution >= 0.6 is 0 Å². The first-order chi connectivity index (χ1) is 7.25. The second-order valence-corrected chi connectivity index (χ2v) is 4.21. The predicted octanol–water partition coefficient (Wildman–Crippen LogP) is 1.27. The van der Waals surface area contributed by atoms with Crippen molar-refractivity contribution in [1.82, 2.24) is 10.2 Å². The van der Waals surface area contributed by atoms with E-state index < -0.39 is 0 Å². The van der Waals surface area contributed by atoms with E-state index in [4.69, 9.17) is 0 Å². The molecule has 0 amide bonds. The van der Waals surface area contributed by atoms with Gasteiger partial charge < -0.3 is 10.2 Å². The van der Waals surface area contributed by atoms with Crippen LogP contribution in [-0.4, -0.2) is 37.6 Å². The van der Waals surface area contributed by atoms with Crippen LogP contribution in [0.5, 0.6) is 0 Å². The fourth-order valence-electron chi connectivity index (χ4n) is 2.06. The molecule has 1 atom stereocenters. The Hall–Kier alpha value is -0.930. The monoisotopic (exact) mass is 208 g/mol. The Bertz CT molecular complexity index is 327. The molecule has 2 rings (SSSR count). The van der Waals surface area contributed by atoms with Crippen LogP contribution in [0.1, 0.15) is 5.56 Å². The molecule has 1 saturated heterocycles. The fraction of sp³-hybridized carbons (Fsp3) is 0.500. The molecule has 0 radical (unpaired) electrons. The highest BCUT2D eigenvalue weighted by atomic mass is 19.1. The first-order valence-electron chi connectivity index (χ1n) is 5.41. The quantitative estimate of drug-likeness (QED) is 0.787. The number of benzene rings is 1. The van der Waals surface area contributed by atoms with Crippen LogP contribution in [0, 0.1) is 5.82 Å². The Morgan fingerprint density at radius 3 is 3.00 bits per heavy atom. The van der Waals surface area contributed by atoms with Gasteiger partial charge in [-0.15, -0.1) is 0 Å². The zero-order valence-corrected chi connectivity index (χ0v) is 9.04. The van der Waals surface area contributed by atoms with Crippen molar-refractivity contribution in [2.75, 3.05) is 26.7 Å². The van der Waals surface area contributed by atoms with Crippen LogP contribution in [-0.2, 0) is 6.42 Å². The topological polar surface area (TPSA) is 15.3 Å². The molecule has 2 nitrogen and oxygen atoms in total. The van der Waals surface area contributed by atoms with Gasteiger partial charge in [0.05, 0.1) is 0 Å². The van der Waals surface area contributed by atoms with E-state index in [2.05, 4.69) is 17.3 Å². The summed E-state index contributed by atoms with van der Waals surface area (Å²) >= 11 is 0. The van der Waals surface area contributed by atoms with Gasteiger partial charge in [0.15, 0.2) is 0 Å². The van der Waals surface area contributed by atoms with Gasteiger partial charge in [-0.3, -0.25) is 0 Å². The van der Waals surface area contributed by atoms with Crippen LogP contribution < -0.4 is 5.32 Å². The average Bonchev–Trinajstić information content (AvgIpc) is 2.22. The third-order valence-corrected chi connectivity index (χ3v) is 2.88. The Balaban J connectivity index is 1.99. The number of piperazine rings is 1. The molecule has 1 aromatic carbocycles. The lowest BCUT2D eigenvalue weighted by molar-refractivity contribution is 0.237. The van der Waals surface area contributed by atoms with Gasteiger partial charge in [-0.2, -0.15) is 0 Å². The van der Waals surface area contributed by atoms with Gasteiger partial charge in [0.2, 0.25) is 0 Å². The predicted molar refractivity (Wildman–Crippen MR) is 59.4 cm³/mol. The van der Waals surface area contributed by atoms with Crippen molar-refractivity contribution in [3.8, 4) is 0 Å². The van der Waals surface area contributed by atoms with Crippen molar-refractivity contribution < 1.29 is 4.39 Å². The summed E-state index contributed by atoms with van der Waals surface area (Å²) in [6.45, 7) is 3.07. The van der Waals surface area contributed by atoms with Gasteiger partial charge in [-0.1, -0.05) is 18.2 Å². The van der Waals surface area contributed by atoms with Crippen molar-refractivity contribution >= 4 is 0 Å². The number of hydrogen-bond acceptors (Lipinski definition) is 2. The van der Waals surface area contributed by atoms with Crippen molar-refractivity contribution in [2.45, 2.75) is 12.5 Å². The molecule has 1 aliphatic rings. The minimum Gasteiger partial charge on any atom is -0.311 e.